The van der Waals surface area contributed by atoms with Gasteiger partial charge in [0.1, 0.15) is 5.75 Å². The molecule has 0 amide bonds. The van der Waals surface area contributed by atoms with Crippen molar-refractivity contribution in [3.05, 3.63) is 47.3 Å². The molecule has 1 aromatic carbocycles. The lowest BCUT2D eigenvalue weighted by molar-refractivity contribution is 0.102. The van der Waals surface area contributed by atoms with Gasteiger partial charge in [-0.3, -0.25) is 4.79 Å². The van der Waals surface area contributed by atoms with Crippen molar-refractivity contribution in [1.29, 1.82) is 0 Å². The molecular weight excluding hydrogens is 350 g/mol. The van der Waals surface area contributed by atoms with Crippen LogP contribution in [0.3, 0.4) is 0 Å². The molecule has 2 heterocycles. The number of hydrogen-bond acceptors (Lipinski definition) is 6. The average molecular weight is 371 g/mol. The van der Waals surface area contributed by atoms with Crippen LogP contribution >= 0.6 is 11.8 Å². The van der Waals surface area contributed by atoms with Gasteiger partial charge in [0.15, 0.2) is 5.78 Å². The summed E-state index contributed by atoms with van der Waals surface area (Å²) in [5.41, 5.74) is 3.57. The Hall–Kier alpha value is -2.54. The third kappa shape index (κ3) is 3.53. The molecule has 136 valence electrons. The highest BCUT2D eigenvalue weighted by atomic mass is 32.2. The van der Waals surface area contributed by atoms with E-state index < -0.39 is 0 Å². The van der Waals surface area contributed by atoms with Gasteiger partial charge >= 0.3 is 0 Å². The molecule has 26 heavy (non-hydrogen) atoms. The number of aromatic nitrogens is 3. The first-order chi connectivity index (χ1) is 12.5. The van der Waals surface area contributed by atoms with Crippen molar-refractivity contribution < 1.29 is 13.9 Å². The number of thioether (sulfide) groups is 1. The Morgan fingerprint density at radius 1 is 1.27 bits per heavy atom. The Morgan fingerprint density at radius 2 is 2.04 bits per heavy atom. The molecule has 2 aromatic heterocycles. The molecular formula is C19H21N3O3S. The number of ether oxygens (including phenoxy) is 1. The second-order valence-corrected chi connectivity index (χ2v) is 6.74. The maximum Gasteiger partial charge on any atom is 0.277 e. The fourth-order valence-electron chi connectivity index (χ4n) is 2.97. The van der Waals surface area contributed by atoms with E-state index in [-0.39, 0.29) is 11.5 Å². The standard InChI is InChI=1S/C19H21N3O3S/c1-5-22-12(2)10-15(13(22)3)16(23)11-26-19-21-20-18(25-19)14-8-6-7-9-17(14)24-4/h6-10H,5,11H2,1-4H3. The maximum atomic E-state index is 12.6. The number of Topliss-reactive ketones (excluding diaryl/α,β-unsaturated/α-hetero) is 1. The molecule has 0 bridgehead atoms. The smallest absolute Gasteiger partial charge is 0.277 e. The molecule has 0 N–H and O–H groups in total. The van der Waals surface area contributed by atoms with E-state index in [1.54, 1.807) is 7.11 Å². The molecule has 0 atom stereocenters. The van der Waals surface area contributed by atoms with E-state index in [9.17, 15) is 4.79 Å². The predicted molar refractivity (Wildman–Crippen MR) is 101 cm³/mol. The van der Waals surface area contributed by atoms with E-state index in [1.165, 1.54) is 11.8 Å². The Balaban J connectivity index is 1.71. The van der Waals surface area contributed by atoms with Gasteiger partial charge in [0.25, 0.3) is 11.1 Å². The summed E-state index contributed by atoms with van der Waals surface area (Å²) in [7, 11) is 1.59. The highest BCUT2D eigenvalue weighted by molar-refractivity contribution is 7.99. The van der Waals surface area contributed by atoms with Crippen LogP contribution in [0.4, 0.5) is 0 Å². The summed E-state index contributed by atoms with van der Waals surface area (Å²) in [6.45, 7) is 6.91. The van der Waals surface area contributed by atoms with Gasteiger partial charge in [0.05, 0.1) is 18.4 Å². The van der Waals surface area contributed by atoms with E-state index in [2.05, 4.69) is 21.7 Å². The van der Waals surface area contributed by atoms with Crippen LogP contribution in [0, 0.1) is 13.8 Å². The van der Waals surface area contributed by atoms with E-state index in [1.807, 2.05) is 44.2 Å². The van der Waals surface area contributed by atoms with Crippen molar-refractivity contribution in [2.75, 3.05) is 12.9 Å². The molecule has 0 spiro atoms. The van der Waals surface area contributed by atoms with E-state index >= 15 is 0 Å². The molecule has 6 nitrogen and oxygen atoms in total. The molecule has 0 saturated carbocycles. The van der Waals surface area contributed by atoms with Gasteiger partial charge in [0, 0.05) is 23.5 Å². The average Bonchev–Trinajstić information content (AvgIpc) is 3.24. The van der Waals surface area contributed by atoms with Crippen molar-refractivity contribution in [3.63, 3.8) is 0 Å². The van der Waals surface area contributed by atoms with Gasteiger partial charge in [-0.1, -0.05) is 23.9 Å². The first-order valence-electron chi connectivity index (χ1n) is 8.34. The quantitative estimate of drug-likeness (QED) is 0.459. The number of rotatable bonds is 7. The maximum absolute atomic E-state index is 12.6. The third-order valence-electron chi connectivity index (χ3n) is 4.26. The number of benzene rings is 1. The van der Waals surface area contributed by atoms with Crippen LogP contribution in [0.5, 0.6) is 5.75 Å². The van der Waals surface area contributed by atoms with Gasteiger partial charge in [0.2, 0.25) is 0 Å². The Kier molecular flexibility index (Phi) is 5.46. The first kappa shape index (κ1) is 18.3. The van der Waals surface area contributed by atoms with Crippen LogP contribution < -0.4 is 4.74 Å². The van der Waals surface area contributed by atoms with E-state index in [4.69, 9.17) is 9.15 Å². The minimum atomic E-state index is 0.0554. The fourth-order valence-corrected chi connectivity index (χ4v) is 3.62. The topological polar surface area (TPSA) is 70.2 Å². The number of aryl methyl sites for hydroxylation is 1. The van der Waals surface area contributed by atoms with Crippen LogP contribution in [-0.4, -0.2) is 33.4 Å². The van der Waals surface area contributed by atoms with Crippen LogP contribution in [0.15, 0.2) is 40.0 Å². The van der Waals surface area contributed by atoms with Crippen molar-refractivity contribution in [2.45, 2.75) is 32.5 Å². The van der Waals surface area contributed by atoms with Gasteiger partial charge < -0.3 is 13.7 Å². The minimum Gasteiger partial charge on any atom is -0.496 e. The van der Waals surface area contributed by atoms with Crippen LogP contribution in [0.2, 0.25) is 0 Å². The largest absolute Gasteiger partial charge is 0.496 e. The monoisotopic (exact) mass is 371 g/mol. The predicted octanol–water partition coefficient (Wildman–Crippen LogP) is 4.16. The number of methoxy groups -OCH3 is 1. The van der Waals surface area contributed by atoms with Crippen molar-refractivity contribution >= 4 is 17.5 Å². The Morgan fingerprint density at radius 3 is 2.73 bits per heavy atom. The van der Waals surface area contributed by atoms with Crippen molar-refractivity contribution in [1.82, 2.24) is 14.8 Å². The second-order valence-electron chi connectivity index (χ2n) is 5.81. The molecule has 0 unspecified atom stereocenters. The summed E-state index contributed by atoms with van der Waals surface area (Å²) in [6, 6.07) is 9.38. The first-order valence-corrected chi connectivity index (χ1v) is 9.33. The fraction of sp³-hybridized carbons (Fsp3) is 0.316. The molecule has 0 radical (unpaired) electrons. The molecule has 3 rings (SSSR count). The lowest BCUT2D eigenvalue weighted by atomic mass is 10.2. The molecule has 3 aromatic rings. The number of para-hydroxylation sites is 1. The van der Waals surface area contributed by atoms with Crippen LogP contribution in [0.1, 0.15) is 28.7 Å². The molecule has 0 aliphatic heterocycles. The summed E-state index contributed by atoms with van der Waals surface area (Å²) in [5, 5.41) is 8.45. The van der Waals surface area contributed by atoms with Gasteiger partial charge in [-0.15, -0.1) is 10.2 Å². The summed E-state index contributed by atoms with van der Waals surface area (Å²) < 4.78 is 13.1. The number of nitrogens with zero attached hydrogens (tertiary/aromatic N) is 3. The number of carbonyl (C=O) groups excluding carboxylic acids is 1. The summed E-state index contributed by atoms with van der Waals surface area (Å²) >= 11 is 1.24. The van der Waals surface area contributed by atoms with Gasteiger partial charge in [-0.25, -0.2) is 0 Å². The third-order valence-corrected chi connectivity index (χ3v) is 5.08. The van der Waals surface area contributed by atoms with Gasteiger partial charge in [-0.05, 0) is 39.0 Å². The lowest BCUT2D eigenvalue weighted by Crippen LogP contribution is -2.05. The van der Waals surface area contributed by atoms with Crippen molar-refractivity contribution in [3.8, 4) is 17.2 Å². The zero-order valence-corrected chi connectivity index (χ0v) is 16.1. The van der Waals surface area contributed by atoms with Crippen LogP contribution in [-0.2, 0) is 6.54 Å². The normalized spacial score (nSPS) is 10.9. The summed E-state index contributed by atoms with van der Waals surface area (Å²) in [5.74, 6) is 1.35. The zero-order valence-electron chi connectivity index (χ0n) is 15.3. The Bertz CT molecular complexity index is 930. The second kappa shape index (κ2) is 7.78. The van der Waals surface area contributed by atoms with Gasteiger partial charge in [-0.2, -0.15) is 0 Å². The number of ketones is 1. The Labute approximate surface area is 156 Å². The minimum absolute atomic E-state index is 0.0554. The molecule has 0 aliphatic carbocycles. The van der Waals surface area contributed by atoms with Crippen LogP contribution in [0.25, 0.3) is 11.5 Å². The zero-order chi connectivity index (χ0) is 18.7. The highest BCUT2D eigenvalue weighted by Crippen LogP contribution is 2.30. The summed E-state index contributed by atoms with van der Waals surface area (Å²) in [6.07, 6.45) is 0. The van der Waals surface area contributed by atoms with E-state index in [0.29, 0.717) is 16.9 Å². The molecule has 0 fully saturated rings. The molecule has 7 heteroatoms. The number of carbonyl (C=O) groups is 1. The molecule has 0 aliphatic rings. The van der Waals surface area contributed by atoms with Crippen molar-refractivity contribution in [2.24, 2.45) is 0 Å². The van der Waals surface area contributed by atoms with E-state index in [0.717, 1.165) is 29.1 Å². The summed E-state index contributed by atoms with van der Waals surface area (Å²) in [4.78, 5) is 12.6. The lowest BCUT2D eigenvalue weighted by Gasteiger charge is -2.05. The number of hydrogen-bond donors (Lipinski definition) is 0. The molecule has 0 saturated heterocycles. The SMILES string of the molecule is CCn1c(C)cc(C(=O)CSc2nnc(-c3ccccc3OC)o2)c1C. The highest BCUT2D eigenvalue weighted by Gasteiger charge is 2.18.